The second kappa shape index (κ2) is 7.44. The molecule has 0 aliphatic carbocycles. The summed E-state index contributed by atoms with van der Waals surface area (Å²) in [6.07, 6.45) is 1.87. The average Bonchev–Trinajstić information content (AvgIpc) is 2.40. The Morgan fingerprint density at radius 2 is 1.64 bits per heavy atom. The lowest BCUT2D eigenvalue weighted by Crippen LogP contribution is -2.44. The summed E-state index contributed by atoms with van der Waals surface area (Å²) < 4.78 is 5.54. The molecule has 2 amide bonds. The lowest BCUT2D eigenvalue weighted by molar-refractivity contribution is -0.142. The third-order valence-electron chi connectivity index (χ3n) is 3.83. The maximum Gasteiger partial charge on any atom is 0.248 e. The summed E-state index contributed by atoms with van der Waals surface area (Å²) in [5.41, 5.74) is -0.633. The number of piperidine rings is 1. The van der Waals surface area contributed by atoms with Gasteiger partial charge in [-0.1, -0.05) is 20.8 Å². The van der Waals surface area contributed by atoms with Gasteiger partial charge >= 0.3 is 0 Å². The minimum atomic E-state index is -0.346. The quantitative estimate of drug-likeness (QED) is 0.866. The second-order valence-corrected chi connectivity index (χ2v) is 8.19. The SMILES string of the molecule is CC(C)(C)OCC(=O)N1CCC(CNC(=O)C(C)(C)C)CC1. The number of ether oxygens (including phenoxy) is 1. The third kappa shape index (κ3) is 6.77. The first-order valence-corrected chi connectivity index (χ1v) is 8.19. The highest BCUT2D eigenvalue weighted by Crippen LogP contribution is 2.18. The van der Waals surface area contributed by atoms with Crippen molar-refractivity contribution in [2.45, 2.75) is 60.0 Å². The fourth-order valence-electron chi connectivity index (χ4n) is 2.26. The van der Waals surface area contributed by atoms with Gasteiger partial charge in [0.1, 0.15) is 6.61 Å². The number of hydrogen-bond acceptors (Lipinski definition) is 3. The molecule has 128 valence electrons. The monoisotopic (exact) mass is 312 g/mol. The van der Waals surface area contributed by atoms with Gasteiger partial charge < -0.3 is 15.0 Å². The second-order valence-electron chi connectivity index (χ2n) is 8.19. The zero-order valence-electron chi connectivity index (χ0n) is 15.0. The van der Waals surface area contributed by atoms with E-state index in [1.165, 1.54) is 0 Å². The lowest BCUT2D eigenvalue weighted by atomic mass is 9.93. The van der Waals surface area contributed by atoms with Gasteiger partial charge in [-0.3, -0.25) is 9.59 Å². The van der Waals surface area contributed by atoms with E-state index in [0.717, 1.165) is 25.9 Å². The van der Waals surface area contributed by atoms with Gasteiger partial charge in [-0.05, 0) is 39.5 Å². The molecule has 0 aromatic rings. The molecule has 1 fully saturated rings. The minimum absolute atomic E-state index is 0.0621. The molecule has 0 radical (unpaired) electrons. The Bertz CT molecular complexity index is 386. The van der Waals surface area contributed by atoms with Crippen LogP contribution in [-0.2, 0) is 14.3 Å². The first-order valence-electron chi connectivity index (χ1n) is 8.19. The van der Waals surface area contributed by atoms with Crippen LogP contribution in [0.25, 0.3) is 0 Å². The van der Waals surface area contributed by atoms with Crippen LogP contribution in [0.5, 0.6) is 0 Å². The highest BCUT2D eigenvalue weighted by molar-refractivity contribution is 5.81. The van der Waals surface area contributed by atoms with E-state index >= 15 is 0 Å². The zero-order valence-corrected chi connectivity index (χ0v) is 15.0. The molecule has 0 unspecified atom stereocenters. The fourth-order valence-corrected chi connectivity index (χ4v) is 2.26. The van der Waals surface area contributed by atoms with Crippen LogP contribution >= 0.6 is 0 Å². The number of carbonyl (C=O) groups is 2. The Labute approximate surface area is 134 Å². The predicted molar refractivity (Wildman–Crippen MR) is 87.5 cm³/mol. The van der Waals surface area contributed by atoms with Crippen molar-refractivity contribution in [2.24, 2.45) is 11.3 Å². The first-order chi connectivity index (χ1) is 9.99. The lowest BCUT2D eigenvalue weighted by Gasteiger charge is -2.33. The van der Waals surface area contributed by atoms with Crippen LogP contribution in [-0.4, -0.2) is 48.6 Å². The number of hydrogen-bond donors (Lipinski definition) is 1. The summed E-state index contributed by atoms with van der Waals surface area (Å²) in [5, 5.41) is 3.01. The molecule has 1 aliphatic heterocycles. The van der Waals surface area contributed by atoms with E-state index in [9.17, 15) is 9.59 Å². The molecule has 5 nitrogen and oxygen atoms in total. The zero-order chi connectivity index (χ0) is 17.0. The van der Waals surface area contributed by atoms with Gasteiger partial charge in [-0.2, -0.15) is 0 Å². The Hall–Kier alpha value is -1.10. The molecule has 0 bridgehead atoms. The van der Waals surface area contributed by atoms with E-state index in [1.54, 1.807) is 0 Å². The van der Waals surface area contributed by atoms with E-state index in [2.05, 4.69) is 5.32 Å². The molecule has 1 aliphatic rings. The van der Waals surface area contributed by atoms with Crippen LogP contribution in [0.15, 0.2) is 0 Å². The van der Waals surface area contributed by atoms with Gasteiger partial charge in [0.2, 0.25) is 11.8 Å². The summed E-state index contributed by atoms with van der Waals surface area (Å²) in [4.78, 5) is 25.8. The predicted octanol–water partition coefficient (Wildman–Crippen LogP) is 2.20. The standard InChI is InChI=1S/C17H32N2O3/c1-16(2,3)15(21)18-11-13-7-9-19(10-8-13)14(20)12-22-17(4,5)6/h13H,7-12H2,1-6H3,(H,18,21). The summed E-state index contributed by atoms with van der Waals surface area (Å²) in [6, 6.07) is 0. The molecule has 0 aromatic heterocycles. The van der Waals surface area contributed by atoms with Crippen molar-refractivity contribution in [1.82, 2.24) is 10.2 Å². The third-order valence-corrected chi connectivity index (χ3v) is 3.83. The number of rotatable bonds is 4. The molecule has 0 aromatic carbocycles. The number of carbonyl (C=O) groups excluding carboxylic acids is 2. The Morgan fingerprint density at radius 3 is 2.09 bits per heavy atom. The Morgan fingerprint density at radius 1 is 1.09 bits per heavy atom. The van der Waals surface area contributed by atoms with Crippen molar-refractivity contribution < 1.29 is 14.3 Å². The molecule has 1 heterocycles. The van der Waals surface area contributed by atoms with E-state index in [-0.39, 0.29) is 29.4 Å². The van der Waals surface area contributed by atoms with Crippen molar-refractivity contribution in [3.63, 3.8) is 0 Å². The topological polar surface area (TPSA) is 58.6 Å². The normalized spacial score (nSPS) is 17.5. The van der Waals surface area contributed by atoms with Gasteiger partial charge in [-0.15, -0.1) is 0 Å². The van der Waals surface area contributed by atoms with Crippen molar-refractivity contribution in [3.05, 3.63) is 0 Å². The van der Waals surface area contributed by atoms with Crippen LogP contribution < -0.4 is 5.32 Å². The Balaban J connectivity index is 2.29. The first kappa shape index (κ1) is 18.9. The van der Waals surface area contributed by atoms with E-state index in [0.29, 0.717) is 12.5 Å². The smallest absolute Gasteiger partial charge is 0.248 e. The largest absolute Gasteiger partial charge is 0.366 e. The number of amides is 2. The van der Waals surface area contributed by atoms with Gasteiger partial charge in [0.25, 0.3) is 0 Å². The molecular formula is C17H32N2O3. The number of nitrogens with one attached hydrogen (secondary N) is 1. The molecule has 0 spiro atoms. The molecule has 1 N–H and O–H groups in total. The molecule has 1 rings (SSSR count). The van der Waals surface area contributed by atoms with Crippen molar-refractivity contribution in [3.8, 4) is 0 Å². The van der Waals surface area contributed by atoms with Crippen LogP contribution in [0.3, 0.4) is 0 Å². The fraction of sp³-hybridized carbons (Fsp3) is 0.882. The highest BCUT2D eigenvalue weighted by atomic mass is 16.5. The van der Waals surface area contributed by atoms with Crippen molar-refractivity contribution in [2.75, 3.05) is 26.2 Å². The van der Waals surface area contributed by atoms with E-state index < -0.39 is 0 Å². The molecule has 0 atom stereocenters. The average molecular weight is 312 g/mol. The maximum atomic E-state index is 12.1. The van der Waals surface area contributed by atoms with Crippen LogP contribution in [0, 0.1) is 11.3 Å². The van der Waals surface area contributed by atoms with Crippen LogP contribution in [0.2, 0.25) is 0 Å². The molecule has 0 saturated carbocycles. The number of nitrogens with zero attached hydrogens (tertiary/aromatic N) is 1. The van der Waals surface area contributed by atoms with Gasteiger partial charge in [-0.25, -0.2) is 0 Å². The molecule has 22 heavy (non-hydrogen) atoms. The minimum Gasteiger partial charge on any atom is -0.366 e. The van der Waals surface area contributed by atoms with E-state index in [1.807, 2.05) is 46.4 Å². The van der Waals surface area contributed by atoms with Gasteiger partial charge in [0.05, 0.1) is 5.60 Å². The maximum absolute atomic E-state index is 12.1. The van der Waals surface area contributed by atoms with Crippen LogP contribution in [0.1, 0.15) is 54.4 Å². The highest BCUT2D eigenvalue weighted by Gasteiger charge is 2.26. The van der Waals surface area contributed by atoms with Crippen molar-refractivity contribution >= 4 is 11.8 Å². The van der Waals surface area contributed by atoms with Gasteiger partial charge in [0.15, 0.2) is 0 Å². The molecule has 5 heteroatoms. The van der Waals surface area contributed by atoms with Gasteiger partial charge in [0, 0.05) is 25.0 Å². The van der Waals surface area contributed by atoms with E-state index in [4.69, 9.17) is 4.74 Å². The summed E-state index contributed by atoms with van der Waals surface area (Å²) in [7, 11) is 0. The number of likely N-dealkylation sites (tertiary alicyclic amines) is 1. The van der Waals surface area contributed by atoms with Crippen LogP contribution in [0.4, 0.5) is 0 Å². The summed E-state index contributed by atoms with van der Waals surface area (Å²) in [6.45, 7) is 14.0. The van der Waals surface area contributed by atoms with Crippen molar-refractivity contribution in [1.29, 1.82) is 0 Å². The summed E-state index contributed by atoms with van der Waals surface area (Å²) >= 11 is 0. The Kier molecular flexibility index (Phi) is 6.41. The molecule has 1 saturated heterocycles. The summed E-state index contributed by atoms with van der Waals surface area (Å²) in [5.74, 6) is 0.607. The molecular weight excluding hydrogens is 280 g/mol.